The van der Waals surface area contributed by atoms with Crippen LogP contribution in [0, 0.1) is 0 Å². The van der Waals surface area contributed by atoms with Crippen molar-refractivity contribution >= 4 is 5.71 Å². The van der Waals surface area contributed by atoms with Crippen LogP contribution >= 0.6 is 0 Å². The van der Waals surface area contributed by atoms with E-state index in [-0.39, 0.29) is 5.54 Å². The molecule has 0 N–H and O–H groups in total. The molecule has 2 rings (SSSR count). The highest BCUT2D eigenvalue weighted by atomic mass is 16.5. The zero-order chi connectivity index (χ0) is 13.5. The maximum atomic E-state index is 5.38. The summed E-state index contributed by atoms with van der Waals surface area (Å²) >= 11 is 0. The minimum Gasteiger partial charge on any atom is -0.493 e. The summed E-state index contributed by atoms with van der Waals surface area (Å²) in [5.41, 5.74) is 4.00. The average molecular weight is 248 g/mol. The first-order valence-corrected chi connectivity index (χ1v) is 6.23. The third kappa shape index (κ3) is 1.88. The zero-order valence-electron chi connectivity index (χ0n) is 12.1. The van der Waals surface area contributed by atoms with Gasteiger partial charge in [-0.2, -0.15) is 0 Å². The Morgan fingerprint density at radius 2 is 1.67 bits per heavy atom. The molecule has 0 aromatic heterocycles. The number of benzene rings is 1. The van der Waals surface area contributed by atoms with Gasteiger partial charge < -0.3 is 9.47 Å². The summed E-state index contributed by atoms with van der Waals surface area (Å²) in [5, 5.41) is 0. The van der Waals surface area contributed by atoms with E-state index in [9.17, 15) is 0 Å². The van der Waals surface area contributed by atoms with Gasteiger partial charge in [0.1, 0.15) is 7.05 Å². The van der Waals surface area contributed by atoms with Gasteiger partial charge in [-0.25, -0.2) is 4.58 Å². The van der Waals surface area contributed by atoms with Gasteiger partial charge in [-0.3, -0.25) is 0 Å². The van der Waals surface area contributed by atoms with Crippen LogP contribution in [0.25, 0.3) is 0 Å². The standard InChI is InChI=1S/C15H22NO2/c1-10-12-8-14(18-6)13(17-5)7-11(12)9-15(2,3)16(10)4/h7-8H,9H2,1-6H3/q+1. The number of rotatable bonds is 2. The topological polar surface area (TPSA) is 21.5 Å². The van der Waals surface area contributed by atoms with Crippen molar-refractivity contribution < 1.29 is 14.0 Å². The molecule has 0 saturated carbocycles. The van der Waals surface area contributed by atoms with Gasteiger partial charge in [0, 0.05) is 32.8 Å². The Morgan fingerprint density at radius 1 is 1.11 bits per heavy atom. The highest BCUT2D eigenvalue weighted by molar-refractivity contribution is 5.97. The van der Waals surface area contributed by atoms with Crippen LogP contribution in [0.4, 0.5) is 0 Å². The van der Waals surface area contributed by atoms with Crippen LogP contribution in [-0.4, -0.2) is 37.1 Å². The summed E-state index contributed by atoms with van der Waals surface area (Å²) in [7, 11) is 5.51. The van der Waals surface area contributed by atoms with Crippen LogP contribution in [0.1, 0.15) is 31.9 Å². The third-order valence-electron chi connectivity index (χ3n) is 4.03. The van der Waals surface area contributed by atoms with E-state index in [2.05, 4.69) is 44.5 Å². The summed E-state index contributed by atoms with van der Waals surface area (Å²) in [4.78, 5) is 0. The number of hydrogen-bond donors (Lipinski definition) is 0. The summed E-state index contributed by atoms with van der Waals surface area (Å²) < 4.78 is 13.1. The highest BCUT2D eigenvalue weighted by Crippen LogP contribution is 2.35. The van der Waals surface area contributed by atoms with E-state index in [4.69, 9.17) is 9.47 Å². The molecule has 98 valence electrons. The molecule has 0 unspecified atom stereocenters. The van der Waals surface area contributed by atoms with Crippen molar-refractivity contribution in [1.82, 2.24) is 0 Å². The van der Waals surface area contributed by atoms with Crippen molar-refractivity contribution in [2.24, 2.45) is 0 Å². The van der Waals surface area contributed by atoms with Gasteiger partial charge in [0.2, 0.25) is 0 Å². The predicted molar refractivity (Wildman–Crippen MR) is 73.3 cm³/mol. The molecule has 0 bridgehead atoms. The molecular weight excluding hydrogens is 226 g/mol. The van der Waals surface area contributed by atoms with E-state index < -0.39 is 0 Å². The quantitative estimate of drug-likeness (QED) is 0.750. The fourth-order valence-electron chi connectivity index (χ4n) is 2.62. The largest absolute Gasteiger partial charge is 0.493 e. The summed E-state index contributed by atoms with van der Waals surface area (Å²) in [6.07, 6.45) is 1.01. The van der Waals surface area contributed by atoms with Crippen molar-refractivity contribution in [3.8, 4) is 11.5 Å². The van der Waals surface area contributed by atoms with Gasteiger partial charge in [-0.15, -0.1) is 0 Å². The molecule has 0 aliphatic carbocycles. The lowest BCUT2D eigenvalue weighted by atomic mass is 9.85. The molecule has 3 nitrogen and oxygen atoms in total. The van der Waals surface area contributed by atoms with Gasteiger partial charge in [0.05, 0.1) is 14.2 Å². The van der Waals surface area contributed by atoms with E-state index in [1.54, 1.807) is 14.2 Å². The lowest BCUT2D eigenvalue weighted by Crippen LogP contribution is -2.43. The Bertz CT molecular complexity index is 515. The first-order chi connectivity index (χ1) is 8.40. The summed E-state index contributed by atoms with van der Waals surface area (Å²) in [5.74, 6) is 1.60. The van der Waals surface area contributed by atoms with Crippen LogP contribution < -0.4 is 9.47 Å². The molecule has 0 amide bonds. The van der Waals surface area contributed by atoms with Crippen LogP contribution in [0.15, 0.2) is 12.1 Å². The van der Waals surface area contributed by atoms with Crippen LogP contribution in [0.2, 0.25) is 0 Å². The molecule has 0 spiro atoms. The minimum absolute atomic E-state index is 0.136. The molecule has 18 heavy (non-hydrogen) atoms. The van der Waals surface area contributed by atoms with Gasteiger partial charge in [0.15, 0.2) is 22.7 Å². The average Bonchev–Trinajstić information content (AvgIpc) is 2.34. The minimum atomic E-state index is 0.136. The molecule has 1 aromatic carbocycles. The third-order valence-corrected chi connectivity index (χ3v) is 4.03. The molecule has 3 heteroatoms. The normalized spacial score (nSPS) is 17.4. The zero-order valence-corrected chi connectivity index (χ0v) is 12.1. The molecule has 0 saturated heterocycles. The fraction of sp³-hybridized carbons (Fsp3) is 0.533. The van der Waals surface area contributed by atoms with Crippen molar-refractivity contribution in [2.45, 2.75) is 32.7 Å². The lowest BCUT2D eigenvalue weighted by molar-refractivity contribution is -0.576. The Hall–Kier alpha value is -1.51. The van der Waals surface area contributed by atoms with E-state index in [0.717, 1.165) is 17.9 Å². The van der Waals surface area contributed by atoms with Crippen molar-refractivity contribution in [3.63, 3.8) is 0 Å². The van der Waals surface area contributed by atoms with Crippen LogP contribution in [0.3, 0.4) is 0 Å². The number of hydrogen-bond acceptors (Lipinski definition) is 2. The Balaban J connectivity index is 2.65. The second-order valence-corrected chi connectivity index (χ2v) is 5.50. The van der Waals surface area contributed by atoms with Gasteiger partial charge in [-0.05, 0) is 17.7 Å². The molecular formula is C15H22NO2+. The lowest BCUT2D eigenvalue weighted by Gasteiger charge is -2.29. The van der Waals surface area contributed by atoms with E-state index in [1.807, 2.05) is 0 Å². The monoisotopic (exact) mass is 248 g/mol. The van der Waals surface area contributed by atoms with Crippen LogP contribution in [-0.2, 0) is 6.42 Å². The molecule has 0 radical (unpaired) electrons. The maximum Gasteiger partial charge on any atom is 0.180 e. The second-order valence-electron chi connectivity index (χ2n) is 5.50. The summed E-state index contributed by atoms with van der Waals surface area (Å²) in [6.45, 7) is 6.68. The Kier molecular flexibility index (Phi) is 3.09. The van der Waals surface area contributed by atoms with E-state index in [1.165, 1.54) is 16.8 Å². The number of methoxy groups -OCH3 is 2. The molecule has 0 fully saturated rings. The number of nitrogens with zero attached hydrogens (tertiary/aromatic N) is 1. The highest BCUT2D eigenvalue weighted by Gasteiger charge is 2.36. The number of fused-ring (bicyclic) bond motifs is 1. The Labute approximate surface area is 109 Å². The van der Waals surface area contributed by atoms with Crippen LogP contribution in [0.5, 0.6) is 11.5 Å². The summed E-state index contributed by atoms with van der Waals surface area (Å²) in [6, 6.07) is 4.18. The van der Waals surface area contributed by atoms with Gasteiger partial charge in [0.25, 0.3) is 0 Å². The molecule has 1 heterocycles. The first kappa shape index (κ1) is 12.9. The van der Waals surface area contributed by atoms with Gasteiger partial charge in [-0.1, -0.05) is 0 Å². The molecule has 1 aromatic rings. The second kappa shape index (κ2) is 4.30. The van der Waals surface area contributed by atoms with E-state index >= 15 is 0 Å². The predicted octanol–water partition coefficient (Wildman–Crippen LogP) is 2.49. The number of ether oxygens (including phenoxy) is 2. The van der Waals surface area contributed by atoms with Gasteiger partial charge >= 0.3 is 0 Å². The van der Waals surface area contributed by atoms with E-state index in [0.29, 0.717) is 0 Å². The SMILES string of the molecule is COc1cc2c(cc1OC)C(C)=[N+](C)C(C)(C)C2. The van der Waals surface area contributed by atoms with Crippen molar-refractivity contribution in [3.05, 3.63) is 23.3 Å². The number of likely N-dealkylation sites (N-methyl/N-ethyl adjacent to an activating group) is 1. The molecule has 1 aliphatic rings. The first-order valence-electron chi connectivity index (χ1n) is 6.23. The van der Waals surface area contributed by atoms with Crippen molar-refractivity contribution in [2.75, 3.05) is 21.3 Å². The fourth-order valence-corrected chi connectivity index (χ4v) is 2.62. The smallest absolute Gasteiger partial charge is 0.180 e. The molecule has 0 atom stereocenters. The van der Waals surface area contributed by atoms with Crippen molar-refractivity contribution in [1.29, 1.82) is 0 Å². The Morgan fingerprint density at radius 3 is 2.22 bits per heavy atom. The molecule has 1 aliphatic heterocycles. The maximum absolute atomic E-state index is 5.38.